The monoisotopic (exact) mass is 224 g/mol. The van der Waals surface area contributed by atoms with Gasteiger partial charge in [0.05, 0.1) is 12.2 Å². The van der Waals surface area contributed by atoms with E-state index in [1.807, 2.05) is 13.8 Å². The molecule has 0 saturated heterocycles. The summed E-state index contributed by atoms with van der Waals surface area (Å²) in [6, 6.07) is 0. The Morgan fingerprint density at radius 2 is 2.31 bits per heavy atom. The lowest BCUT2D eigenvalue weighted by molar-refractivity contribution is -0.117. The maximum absolute atomic E-state index is 10.6. The molecule has 0 spiro atoms. The number of carbonyl (C=O) groups is 1. The second-order valence-corrected chi connectivity index (χ2v) is 3.23. The van der Waals surface area contributed by atoms with Crippen LogP contribution >= 0.6 is 0 Å². The molecule has 1 aromatic heterocycles. The van der Waals surface area contributed by atoms with Gasteiger partial charge < -0.3 is 15.8 Å². The minimum absolute atomic E-state index is 0.271. The number of nitrogens with zero attached hydrogens (tertiary/aromatic N) is 2. The molecule has 1 amide bonds. The van der Waals surface area contributed by atoms with Crippen molar-refractivity contribution in [3.8, 4) is 5.88 Å². The molecule has 0 unspecified atom stereocenters. The van der Waals surface area contributed by atoms with Crippen molar-refractivity contribution in [3.63, 3.8) is 0 Å². The molecule has 0 atom stereocenters. The fraction of sp³-hybridized carbons (Fsp3) is 0.500. The number of nitrogens with two attached hydrogens (primary N) is 1. The summed E-state index contributed by atoms with van der Waals surface area (Å²) in [4.78, 5) is 18.6. The number of aromatic nitrogens is 2. The number of nitrogens with one attached hydrogen (secondary N) is 1. The number of hydrogen-bond acceptors (Lipinski definition) is 5. The number of amides is 1. The van der Waals surface area contributed by atoms with E-state index in [-0.39, 0.29) is 12.3 Å². The minimum atomic E-state index is -0.343. The number of anilines is 1. The van der Waals surface area contributed by atoms with Gasteiger partial charge in [0.1, 0.15) is 12.1 Å². The van der Waals surface area contributed by atoms with Gasteiger partial charge >= 0.3 is 0 Å². The summed E-state index contributed by atoms with van der Waals surface area (Å²) >= 11 is 0. The van der Waals surface area contributed by atoms with Crippen molar-refractivity contribution >= 4 is 11.7 Å². The minimum Gasteiger partial charge on any atom is -0.478 e. The highest BCUT2D eigenvalue weighted by Gasteiger charge is 2.07. The first-order valence-corrected chi connectivity index (χ1v) is 5.11. The van der Waals surface area contributed by atoms with Crippen LogP contribution in [-0.2, 0) is 4.79 Å². The predicted molar refractivity (Wildman–Crippen MR) is 60.2 cm³/mol. The molecule has 0 radical (unpaired) electrons. The van der Waals surface area contributed by atoms with Crippen molar-refractivity contribution in [1.82, 2.24) is 9.97 Å². The Hall–Kier alpha value is -1.85. The Labute approximate surface area is 94.2 Å². The SMILES string of the molecule is CCOc1ncnc(NCCC(N)=O)c1C. The summed E-state index contributed by atoms with van der Waals surface area (Å²) in [5.41, 5.74) is 5.86. The average molecular weight is 224 g/mol. The highest BCUT2D eigenvalue weighted by atomic mass is 16.5. The van der Waals surface area contributed by atoms with Crippen LogP contribution in [0.2, 0.25) is 0 Å². The smallest absolute Gasteiger partial charge is 0.221 e. The second kappa shape index (κ2) is 5.89. The molecule has 0 fully saturated rings. The maximum Gasteiger partial charge on any atom is 0.221 e. The van der Waals surface area contributed by atoms with Crippen LogP contribution in [-0.4, -0.2) is 29.0 Å². The van der Waals surface area contributed by atoms with Crippen LogP contribution in [0.5, 0.6) is 5.88 Å². The number of primary amides is 1. The summed E-state index contributed by atoms with van der Waals surface area (Å²) in [5.74, 6) is 0.878. The van der Waals surface area contributed by atoms with Gasteiger partial charge in [-0.3, -0.25) is 4.79 Å². The van der Waals surface area contributed by atoms with Gasteiger partial charge in [0, 0.05) is 13.0 Å². The Balaban J connectivity index is 2.65. The number of carbonyl (C=O) groups excluding carboxylic acids is 1. The van der Waals surface area contributed by atoms with E-state index in [1.54, 1.807) is 0 Å². The van der Waals surface area contributed by atoms with Gasteiger partial charge in [-0.1, -0.05) is 0 Å². The van der Waals surface area contributed by atoms with E-state index < -0.39 is 0 Å². The molecule has 1 heterocycles. The first-order valence-electron chi connectivity index (χ1n) is 5.11. The maximum atomic E-state index is 10.6. The van der Waals surface area contributed by atoms with E-state index in [4.69, 9.17) is 10.5 Å². The Morgan fingerprint density at radius 1 is 1.56 bits per heavy atom. The highest BCUT2D eigenvalue weighted by Crippen LogP contribution is 2.19. The van der Waals surface area contributed by atoms with E-state index in [2.05, 4.69) is 15.3 Å². The third-order valence-corrected chi connectivity index (χ3v) is 1.98. The van der Waals surface area contributed by atoms with E-state index in [9.17, 15) is 4.79 Å². The molecule has 0 aliphatic heterocycles. The lowest BCUT2D eigenvalue weighted by Crippen LogP contribution is -2.16. The number of ether oxygens (including phenoxy) is 1. The largest absolute Gasteiger partial charge is 0.478 e. The molecular weight excluding hydrogens is 208 g/mol. The van der Waals surface area contributed by atoms with Gasteiger partial charge in [-0.05, 0) is 13.8 Å². The summed E-state index contributed by atoms with van der Waals surface area (Å²) in [6.45, 7) is 4.76. The summed E-state index contributed by atoms with van der Waals surface area (Å²) in [5, 5.41) is 3.01. The fourth-order valence-electron chi connectivity index (χ4n) is 1.20. The van der Waals surface area contributed by atoms with Crippen molar-refractivity contribution in [2.24, 2.45) is 5.73 Å². The standard InChI is InChI=1S/C10H16N4O2/c1-3-16-10-7(2)9(13-6-14-10)12-5-4-8(11)15/h6H,3-5H2,1-2H3,(H2,11,15)(H,12,13,14). The molecule has 0 aliphatic carbocycles. The highest BCUT2D eigenvalue weighted by molar-refractivity contribution is 5.74. The zero-order chi connectivity index (χ0) is 12.0. The van der Waals surface area contributed by atoms with Crippen LogP contribution < -0.4 is 15.8 Å². The van der Waals surface area contributed by atoms with Gasteiger partial charge in [0.2, 0.25) is 11.8 Å². The Morgan fingerprint density at radius 3 is 2.94 bits per heavy atom. The molecular formula is C10H16N4O2. The van der Waals surface area contributed by atoms with Crippen LogP contribution in [0.15, 0.2) is 6.33 Å². The first-order chi connectivity index (χ1) is 7.65. The van der Waals surface area contributed by atoms with Crippen LogP contribution in [0, 0.1) is 6.92 Å². The summed E-state index contributed by atoms with van der Waals surface area (Å²) < 4.78 is 5.32. The van der Waals surface area contributed by atoms with E-state index in [0.29, 0.717) is 24.8 Å². The number of rotatable bonds is 6. The van der Waals surface area contributed by atoms with Crippen molar-refractivity contribution in [2.45, 2.75) is 20.3 Å². The third-order valence-electron chi connectivity index (χ3n) is 1.98. The molecule has 0 bridgehead atoms. The molecule has 0 saturated carbocycles. The van der Waals surface area contributed by atoms with Crippen molar-refractivity contribution in [3.05, 3.63) is 11.9 Å². The van der Waals surface area contributed by atoms with E-state index in [1.165, 1.54) is 6.33 Å². The van der Waals surface area contributed by atoms with Crippen molar-refractivity contribution < 1.29 is 9.53 Å². The quantitative estimate of drug-likeness (QED) is 0.733. The Bertz CT molecular complexity index is 368. The van der Waals surface area contributed by atoms with Gasteiger partial charge in [-0.2, -0.15) is 0 Å². The predicted octanol–water partition coefficient (Wildman–Crippen LogP) is 0.471. The van der Waals surface area contributed by atoms with Crippen LogP contribution in [0.1, 0.15) is 18.9 Å². The zero-order valence-electron chi connectivity index (χ0n) is 9.49. The number of hydrogen-bond donors (Lipinski definition) is 2. The average Bonchev–Trinajstić information content (AvgIpc) is 2.23. The van der Waals surface area contributed by atoms with Crippen molar-refractivity contribution in [2.75, 3.05) is 18.5 Å². The normalized spacial score (nSPS) is 9.88. The van der Waals surface area contributed by atoms with Gasteiger partial charge in [-0.25, -0.2) is 9.97 Å². The van der Waals surface area contributed by atoms with Gasteiger partial charge in [0.25, 0.3) is 0 Å². The molecule has 6 nitrogen and oxygen atoms in total. The lowest BCUT2D eigenvalue weighted by Gasteiger charge is -2.10. The molecule has 0 aliphatic rings. The van der Waals surface area contributed by atoms with E-state index in [0.717, 1.165) is 5.56 Å². The third kappa shape index (κ3) is 3.38. The fourth-order valence-corrected chi connectivity index (χ4v) is 1.20. The van der Waals surface area contributed by atoms with E-state index >= 15 is 0 Å². The molecule has 3 N–H and O–H groups in total. The van der Waals surface area contributed by atoms with Gasteiger partial charge in [0.15, 0.2) is 0 Å². The van der Waals surface area contributed by atoms with Crippen LogP contribution in [0.3, 0.4) is 0 Å². The van der Waals surface area contributed by atoms with Gasteiger partial charge in [-0.15, -0.1) is 0 Å². The van der Waals surface area contributed by atoms with Crippen molar-refractivity contribution in [1.29, 1.82) is 0 Å². The lowest BCUT2D eigenvalue weighted by atomic mass is 10.3. The second-order valence-electron chi connectivity index (χ2n) is 3.23. The molecule has 6 heteroatoms. The molecule has 0 aromatic carbocycles. The van der Waals surface area contributed by atoms with Crippen LogP contribution in [0.25, 0.3) is 0 Å². The first kappa shape index (κ1) is 12.2. The summed E-state index contributed by atoms with van der Waals surface area (Å²) in [6.07, 6.45) is 1.69. The summed E-state index contributed by atoms with van der Waals surface area (Å²) in [7, 11) is 0. The molecule has 1 aromatic rings. The molecule has 16 heavy (non-hydrogen) atoms. The Kier molecular flexibility index (Phi) is 4.50. The topological polar surface area (TPSA) is 90.1 Å². The molecule has 88 valence electrons. The van der Waals surface area contributed by atoms with Crippen LogP contribution in [0.4, 0.5) is 5.82 Å². The molecule has 1 rings (SSSR count). The zero-order valence-corrected chi connectivity index (χ0v) is 9.49.